The average Bonchev–Trinajstić information content (AvgIpc) is 3.28. The first-order valence-electron chi connectivity index (χ1n) is 12.3. The van der Waals surface area contributed by atoms with Gasteiger partial charge < -0.3 is 15.0 Å². The smallest absolute Gasteiger partial charge is 0.227 e. The summed E-state index contributed by atoms with van der Waals surface area (Å²) >= 11 is 1.72. The molecule has 1 aliphatic carbocycles. The van der Waals surface area contributed by atoms with Crippen molar-refractivity contribution in [3.8, 4) is 0 Å². The zero-order valence-corrected chi connectivity index (χ0v) is 20.4. The Hall–Kier alpha value is -1.02. The lowest BCUT2D eigenvalue weighted by Gasteiger charge is -2.53. The van der Waals surface area contributed by atoms with Crippen molar-refractivity contribution in [1.82, 2.24) is 20.1 Å². The number of carbonyl (C=O) groups is 1. The molecule has 3 fully saturated rings. The highest BCUT2D eigenvalue weighted by atomic mass is 32.1. The minimum Gasteiger partial charge on any atom is -0.379 e. The fraction of sp³-hybridized carbons (Fsp3) is 0.833. The van der Waals surface area contributed by atoms with E-state index in [1.807, 2.05) is 0 Å². The number of nitrogens with one attached hydrogen (secondary N) is 1. The second kappa shape index (κ2) is 10.3. The SMILES string of the molecule is CCN1CC[C@@H]2C[C@@H](N3CCOCC3)CC[C@@]2(C(=O)NCCc2nc(C(C)C)cs2)C1. The maximum absolute atomic E-state index is 13.6. The lowest BCUT2D eigenvalue weighted by molar-refractivity contribution is -0.144. The Morgan fingerprint density at radius 2 is 2.13 bits per heavy atom. The topological polar surface area (TPSA) is 57.7 Å². The molecule has 2 saturated heterocycles. The quantitative estimate of drug-likeness (QED) is 0.695. The van der Waals surface area contributed by atoms with Gasteiger partial charge in [0.25, 0.3) is 0 Å². The molecular formula is C24H40N4O2S. The van der Waals surface area contributed by atoms with Gasteiger partial charge >= 0.3 is 0 Å². The molecule has 1 aromatic rings. The van der Waals surface area contributed by atoms with Crippen LogP contribution in [0.25, 0.3) is 0 Å². The summed E-state index contributed by atoms with van der Waals surface area (Å²) in [5, 5.41) is 6.62. The zero-order chi connectivity index (χ0) is 21.8. The van der Waals surface area contributed by atoms with Crippen LogP contribution in [-0.2, 0) is 16.0 Å². The van der Waals surface area contributed by atoms with E-state index in [4.69, 9.17) is 9.72 Å². The summed E-state index contributed by atoms with van der Waals surface area (Å²) in [6, 6.07) is 0.618. The zero-order valence-electron chi connectivity index (χ0n) is 19.6. The average molecular weight is 449 g/mol. The van der Waals surface area contributed by atoms with Gasteiger partial charge in [-0.2, -0.15) is 0 Å². The van der Waals surface area contributed by atoms with Crippen molar-refractivity contribution < 1.29 is 9.53 Å². The fourth-order valence-corrected chi connectivity index (χ4v) is 6.76. The number of morpholine rings is 1. The Balaban J connectivity index is 1.39. The first kappa shape index (κ1) is 23.1. The van der Waals surface area contributed by atoms with Crippen LogP contribution in [0.2, 0.25) is 0 Å². The molecule has 1 amide bonds. The van der Waals surface area contributed by atoms with Crippen LogP contribution in [-0.4, -0.2) is 79.2 Å². The van der Waals surface area contributed by atoms with Gasteiger partial charge in [0, 0.05) is 44.0 Å². The maximum atomic E-state index is 13.6. The predicted octanol–water partition coefficient (Wildman–Crippen LogP) is 3.14. The first-order valence-corrected chi connectivity index (χ1v) is 13.2. The minimum atomic E-state index is -0.219. The van der Waals surface area contributed by atoms with Crippen LogP contribution in [0.4, 0.5) is 0 Å². The lowest BCUT2D eigenvalue weighted by atomic mass is 9.61. The molecule has 1 saturated carbocycles. The van der Waals surface area contributed by atoms with E-state index in [0.717, 1.165) is 88.7 Å². The summed E-state index contributed by atoms with van der Waals surface area (Å²) in [4.78, 5) is 23.4. The van der Waals surface area contributed by atoms with Crippen LogP contribution < -0.4 is 5.32 Å². The molecule has 4 rings (SSSR count). The van der Waals surface area contributed by atoms with Crippen LogP contribution in [0.5, 0.6) is 0 Å². The number of thiazole rings is 1. The summed E-state index contributed by atoms with van der Waals surface area (Å²) in [5.41, 5.74) is 0.945. The van der Waals surface area contributed by atoms with Gasteiger partial charge in [0.15, 0.2) is 0 Å². The molecule has 3 aliphatic rings. The molecule has 0 bridgehead atoms. The van der Waals surface area contributed by atoms with Gasteiger partial charge in [0.05, 0.1) is 29.3 Å². The third kappa shape index (κ3) is 5.15. The highest BCUT2D eigenvalue weighted by molar-refractivity contribution is 7.09. The van der Waals surface area contributed by atoms with Crippen molar-refractivity contribution in [3.63, 3.8) is 0 Å². The van der Waals surface area contributed by atoms with E-state index in [1.54, 1.807) is 11.3 Å². The predicted molar refractivity (Wildman–Crippen MR) is 126 cm³/mol. The Morgan fingerprint density at radius 3 is 2.84 bits per heavy atom. The molecule has 0 spiro atoms. The van der Waals surface area contributed by atoms with Crippen molar-refractivity contribution in [2.75, 3.05) is 52.5 Å². The summed E-state index contributed by atoms with van der Waals surface area (Å²) < 4.78 is 5.56. The first-order chi connectivity index (χ1) is 15.0. The molecule has 0 radical (unpaired) electrons. The summed E-state index contributed by atoms with van der Waals surface area (Å²) in [7, 11) is 0. The van der Waals surface area contributed by atoms with Crippen LogP contribution in [0.15, 0.2) is 5.38 Å². The molecule has 3 atom stereocenters. The Labute approximate surface area is 191 Å². The number of carbonyl (C=O) groups excluding carboxylic acids is 1. The number of rotatable bonds is 7. The second-order valence-electron chi connectivity index (χ2n) is 9.91. The van der Waals surface area contributed by atoms with Gasteiger partial charge in [-0.15, -0.1) is 11.3 Å². The monoisotopic (exact) mass is 448 g/mol. The molecule has 2 aliphatic heterocycles. The summed E-state index contributed by atoms with van der Waals surface area (Å²) in [5.74, 6) is 1.24. The van der Waals surface area contributed by atoms with Crippen molar-refractivity contribution in [1.29, 1.82) is 0 Å². The number of amides is 1. The van der Waals surface area contributed by atoms with Gasteiger partial charge in [0.1, 0.15) is 0 Å². The Bertz CT molecular complexity index is 733. The molecule has 1 N–H and O–H groups in total. The van der Waals surface area contributed by atoms with E-state index >= 15 is 0 Å². The number of ether oxygens (including phenoxy) is 1. The maximum Gasteiger partial charge on any atom is 0.227 e. The number of likely N-dealkylation sites (tertiary alicyclic amines) is 1. The normalized spacial score (nSPS) is 30.3. The van der Waals surface area contributed by atoms with E-state index in [9.17, 15) is 4.79 Å². The molecule has 7 heteroatoms. The molecule has 1 aromatic heterocycles. The van der Waals surface area contributed by atoms with Gasteiger partial charge in [-0.25, -0.2) is 4.98 Å². The third-order valence-corrected chi connectivity index (χ3v) is 8.74. The number of fused-ring (bicyclic) bond motifs is 1. The van der Waals surface area contributed by atoms with E-state index in [2.05, 4.69) is 41.3 Å². The van der Waals surface area contributed by atoms with E-state index in [-0.39, 0.29) is 11.3 Å². The van der Waals surface area contributed by atoms with Crippen molar-refractivity contribution in [3.05, 3.63) is 16.1 Å². The summed E-state index contributed by atoms with van der Waals surface area (Å²) in [6.45, 7) is 14.1. The number of hydrogen-bond donors (Lipinski definition) is 1. The van der Waals surface area contributed by atoms with E-state index in [1.165, 1.54) is 0 Å². The standard InChI is InChI=1S/C24H40N4O2S/c1-4-27-10-7-19-15-20(28-11-13-30-14-12-28)5-8-24(19,17-27)23(29)25-9-6-22-26-21(16-31-22)18(2)3/h16,18-20H,4-15,17H2,1-3H3,(H,25,29)/t19-,20+,24-/m1/s1. The fourth-order valence-electron chi connectivity index (χ4n) is 5.80. The lowest BCUT2D eigenvalue weighted by Crippen LogP contribution is -2.61. The number of hydrogen-bond acceptors (Lipinski definition) is 6. The van der Waals surface area contributed by atoms with Crippen molar-refractivity contribution in [2.24, 2.45) is 11.3 Å². The molecule has 0 aromatic carbocycles. The molecule has 31 heavy (non-hydrogen) atoms. The molecular weight excluding hydrogens is 408 g/mol. The van der Waals surface area contributed by atoms with Crippen molar-refractivity contribution in [2.45, 2.75) is 64.8 Å². The second-order valence-corrected chi connectivity index (χ2v) is 10.9. The van der Waals surface area contributed by atoms with Crippen molar-refractivity contribution >= 4 is 17.2 Å². The molecule has 174 valence electrons. The van der Waals surface area contributed by atoms with Crippen LogP contribution in [0, 0.1) is 11.3 Å². The minimum absolute atomic E-state index is 0.219. The van der Waals surface area contributed by atoms with Crippen LogP contribution >= 0.6 is 11.3 Å². The van der Waals surface area contributed by atoms with E-state index in [0.29, 0.717) is 24.4 Å². The molecule has 6 nitrogen and oxygen atoms in total. The largest absolute Gasteiger partial charge is 0.379 e. The highest BCUT2D eigenvalue weighted by Crippen LogP contribution is 2.47. The number of piperidine rings is 1. The Kier molecular flexibility index (Phi) is 7.68. The van der Waals surface area contributed by atoms with Gasteiger partial charge in [0.2, 0.25) is 5.91 Å². The van der Waals surface area contributed by atoms with Crippen LogP contribution in [0.1, 0.15) is 63.1 Å². The number of nitrogens with zero attached hydrogens (tertiary/aromatic N) is 3. The molecule has 0 unspecified atom stereocenters. The Morgan fingerprint density at radius 1 is 1.32 bits per heavy atom. The summed E-state index contributed by atoms with van der Waals surface area (Å²) in [6.07, 6.45) is 5.28. The highest BCUT2D eigenvalue weighted by Gasteiger charge is 2.52. The van der Waals surface area contributed by atoms with Gasteiger partial charge in [-0.1, -0.05) is 20.8 Å². The van der Waals surface area contributed by atoms with Gasteiger partial charge in [-0.3, -0.25) is 9.69 Å². The third-order valence-electron chi connectivity index (χ3n) is 7.81. The molecule has 3 heterocycles. The van der Waals surface area contributed by atoms with Gasteiger partial charge in [-0.05, 0) is 50.6 Å². The van der Waals surface area contributed by atoms with Crippen LogP contribution in [0.3, 0.4) is 0 Å². The van der Waals surface area contributed by atoms with E-state index < -0.39 is 0 Å². The number of aromatic nitrogens is 1.